The van der Waals surface area contributed by atoms with Crippen molar-refractivity contribution in [2.75, 3.05) is 41.8 Å². The maximum Gasteiger partial charge on any atom is 0.332 e. The van der Waals surface area contributed by atoms with Crippen LogP contribution < -0.4 is 21.0 Å². The molecule has 2 aliphatic rings. The van der Waals surface area contributed by atoms with Crippen LogP contribution in [0.25, 0.3) is 10.2 Å². The molecule has 0 unspecified atom stereocenters. The maximum atomic E-state index is 13.3. The van der Waals surface area contributed by atoms with Gasteiger partial charge in [0.25, 0.3) is 5.91 Å². The zero-order valence-electron chi connectivity index (χ0n) is 19.2. The smallest absolute Gasteiger partial charge is 0.332 e. The molecule has 9 nitrogen and oxygen atoms in total. The molecule has 0 spiro atoms. The number of nitrogens with zero attached hydrogens (tertiary/aromatic N) is 4. The zero-order valence-corrected chi connectivity index (χ0v) is 20.0. The predicted molar refractivity (Wildman–Crippen MR) is 141 cm³/mol. The highest BCUT2D eigenvalue weighted by atomic mass is 32.1. The SMILES string of the molecule is [B]c1cccc(N2C(=O)Nc3c(C(=O)Nc4ccc(CN5CCOCC5)cc4)sc4ncnc2c34)c1. The van der Waals surface area contributed by atoms with E-state index in [1.54, 1.807) is 24.3 Å². The number of benzene rings is 2. The van der Waals surface area contributed by atoms with E-state index < -0.39 is 6.03 Å². The Morgan fingerprint density at radius 3 is 2.72 bits per heavy atom. The van der Waals surface area contributed by atoms with Gasteiger partial charge in [0.1, 0.15) is 23.9 Å². The topological polar surface area (TPSA) is 99.7 Å². The molecule has 11 heteroatoms. The number of thiophene rings is 1. The highest BCUT2D eigenvalue weighted by molar-refractivity contribution is 7.21. The van der Waals surface area contributed by atoms with Crippen LogP contribution in [0.5, 0.6) is 0 Å². The highest BCUT2D eigenvalue weighted by Gasteiger charge is 2.33. The second-order valence-corrected chi connectivity index (χ2v) is 9.58. The van der Waals surface area contributed by atoms with Crippen LogP contribution in [-0.2, 0) is 11.3 Å². The van der Waals surface area contributed by atoms with E-state index in [2.05, 4.69) is 25.5 Å². The molecule has 2 aromatic carbocycles. The van der Waals surface area contributed by atoms with E-state index in [-0.39, 0.29) is 5.91 Å². The van der Waals surface area contributed by atoms with Gasteiger partial charge in [-0.2, -0.15) is 0 Å². The average molecular weight is 496 g/mol. The molecule has 0 bridgehead atoms. The van der Waals surface area contributed by atoms with E-state index in [1.165, 1.54) is 28.1 Å². The molecule has 36 heavy (non-hydrogen) atoms. The lowest BCUT2D eigenvalue weighted by Gasteiger charge is -2.27. The highest BCUT2D eigenvalue weighted by Crippen LogP contribution is 2.44. The quantitative estimate of drug-likeness (QED) is 0.412. The largest absolute Gasteiger partial charge is 0.379 e. The molecule has 3 amide bonds. The molecule has 2 aliphatic heterocycles. The number of amides is 3. The van der Waals surface area contributed by atoms with Crippen molar-refractivity contribution in [3.63, 3.8) is 0 Å². The van der Waals surface area contributed by atoms with Crippen molar-refractivity contribution in [2.24, 2.45) is 0 Å². The molecular formula is C25H21BN6O3S. The Balaban J connectivity index is 1.26. The van der Waals surface area contributed by atoms with Gasteiger partial charge in [0.05, 0.1) is 30.0 Å². The third-order valence-corrected chi connectivity index (χ3v) is 7.27. The lowest BCUT2D eigenvalue weighted by molar-refractivity contribution is 0.0342. The molecule has 1 fully saturated rings. The van der Waals surface area contributed by atoms with Gasteiger partial charge in [-0.15, -0.1) is 11.3 Å². The Labute approximate surface area is 212 Å². The summed E-state index contributed by atoms with van der Waals surface area (Å²) in [5, 5.41) is 6.42. The monoisotopic (exact) mass is 496 g/mol. The first-order valence-electron chi connectivity index (χ1n) is 11.5. The Kier molecular flexibility index (Phi) is 5.88. The van der Waals surface area contributed by atoms with E-state index in [9.17, 15) is 9.59 Å². The molecule has 4 heterocycles. The normalized spacial score (nSPS) is 15.7. The number of nitrogens with one attached hydrogen (secondary N) is 2. The number of hydrogen-bond donors (Lipinski definition) is 2. The van der Waals surface area contributed by atoms with Crippen molar-refractivity contribution in [1.82, 2.24) is 14.9 Å². The van der Waals surface area contributed by atoms with Crippen LogP contribution >= 0.6 is 11.3 Å². The molecule has 2 radical (unpaired) electrons. The van der Waals surface area contributed by atoms with E-state index in [0.29, 0.717) is 43.4 Å². The standard InChI is InChI=1S/C25H21BN6O3S/c26-16-2-1-3-18(12-16)32-22-19-20(30-25(32)34)21(36-24(19)28-14-27-22)23(33)29-17-6-4-15(5-7-17)13-31-8-10-35-11-9-31/h1-7,12,14H,8-11,13H2,(H,29,33)(H,30,34). The summed E-state index contributed by atoms with van der Waals surface area (Å²) in [5.41, 5.74) is 3.35. The molecule has 0 aliphatic carbocycles. The number of morpholine rings is 1. The first-order chi connectivity index (χ1) is 17.6. The second kappa shape index (κ2) is 9.34. The minimum Gasteiger partial charge on any atom is -0.379 e. The summed E-state index contributed by atoms with van der Waals surface area (Å²) in [7, 11) is 5.93. The first kappa shape index (κ1) is 22.7. The summed E-state index contributed by atoms with van der Waals surface area (Å²) < 4.78 is 5.40. The molecule has 4 aromatic rings. The molecule has 0 atom stereocenters. The first-order valence-corrected chi connectivity index (χ1v) is 12.3. The van der Waals surface area contributed by atoms with Gasteiger partial charge in [-0.1, -0.05) is 29.7 Å². The third-order valence-electron chi connectivity index (χ3n) is 6.17. The van der Waals surface area contributed by atoms with Crippen molar-refractivity contribution in [3.8, 4) is 0 Å². The molecule has 2 aromatic heterocycles. The van der Waals surface area contributed by atoms with Gasteiger partial charge in [-0.3, -0.25) is 9.69 Å². The molecule has 6 rings (SSSR count). The fraction of sp³-hybridized carbons (Fsp3) is 0.200. The number of rotatable bonds is 5. The Hall–Kier alpha value is -3.80. The van der Waals surface area contributed by atoms with Gasteiger partial charge < -0.3 is 15.4 Å². The fourth-order valence-electron chi connectivity index (χ4n) is 4.43. The Morgan fingerprint density at radius 1 is 1.14 bits per heavy atom. The van der Waals surface area contributed by atoms with Crippen LogP contribution in [0, 0.1) is 0 Å². The lowest BCUT2D eigenvalue weighted by Crippen LogP contribution is -2.35. The summed E-state index contributed by atoms with van der Waals surface area (Å²) in [6, 6.07) is 14.4. The van der Waals surface area contributed by atoms with Gasteiger partial charge >= 0.3 is 6.03 Å². The van der Waals surface area contributed by atoms with Crippen molar-refractivity contribution >= 4 is 69.7 Å². The number of aromatic nitrogens is 2. The Bertz CT molecular complexity index is 1470. The summed E-state index contributed by atoms with van der Waals surface area (Å²) >= 11 is 1.21. The number of carbonyl (C=O) groups is 2. The van der Waals surface area contributed by atoms with Crippen molar-refractivity contribution in [1.29, 1.82) is 0 Å². The zero-order chi connectivity index (χ0) is 24.6. The minimum atomic E-state index is -0.423. The van der Waals surface area contributed by atoms with E-state index in [4.69, 9.17) is 12.6 Å². The van der Waals surface area contributed by atoms with E-state index >= 15 is 0 Å². The van der Waals surface area contributed by atoms with Crippen molar-refractivity contribution in [2.45, 2.75) is 6.54 Å². The molecule has 2 N–H and O–H groups in total. The summed E-state index contributed by atoms with van der Waals surface area (Å²) in [6.45, 7) is 4.18. The molecule has 1 saturated heterocycles. The van der Waals surface area contributed by atoms with Gasteiger partial charge in [0.15, 0.2) is 5.82 Å². The molecule has 178 valence electrons. The summed E-state index contributed by atoms with van der Waals surface area (Å²) in [5.74, 6) is 0.0877. The van der Waals surface area contributed by atoms with E-state index in [1.807, 2.05) is 24.3 Å². The van der Waals surface area contributed by atoms with Gasteiger partial charge in [0.2, 0.25) is 0 Å². The van der Waals surface area contributed by atoms with Crippen LogP contribution in [0.3, 0.4) is 0 Å². The predicted octanol–water partition coefficient (Wildman–Crippen LogP) is 3.25. The number of carbonyl (C=O) groups excluding carboxylic acids is 2. The van der Waals surface area contributed by atoms with Gasteiger partial charge in [0, 0.05) is 25.3 Å². The van der Waals surface area contributed by atoms with Gasteiger partial charge in [-0.25, -0.2) is 19.7 Å². The number of ether oxygens (including phenoxy) is 1. The Morgan fingerprint density at radius 2 is 1.94 bits per heavy atom. The summed E-state index contributed by atoms with van der Waals surface area (Å²) in [4.78, 5) is 39.8. The second-order valence-electron chi connectivity index (χ2n) is 8.58. The number of hydrogen-bond acceptors (Lipinski definition) is 7. The van der Waals surface area contributed by atoms with E-state index in [0.717, 1.165) is 32.8 Å². The molecular weight excluding hydrogens is 475 g/mol. The van der Waals surface area contributed by atoms with Crippen LogP contribution in [0.2, 0.25) is 0 Å². The summed E-state index contributed by atoms with van der Waals surface area (Å²) in [6.07, 6.45) is 1.39. The number of urea groups is 1. The van der Waals surface area contributed by atoms with Gasteiger partial charge in [-0.05, 0) is 29.8 Å². The maximum absolute atomic E-state index is 13.3. The van der Waals surface area contributed by atoms with Crippen LogP contribution in [0.15, 0.2) is 54.9 Å². The van der Waals surface area contributed by atoms with Crippen molar-refractivity contribution in [3.05, 3.63) is 65.3 Å². The van der Waals surface area contributed by atoms with Crippen LogP contribution in [0.4, 0.5) is 27.7 Å². The lowest BCUT2D eigenvalue weighted by atomic mass is 9.96. The molecule has 0 saturated carbocycles. The third kappa shape index (κ3) is 4.21. The number of anilines is 4. The minimum absolute atomic E-state index is 0.322. The van der Waals surface area contributed by atoms with Crippen LogP contribution in [-0.4, -0.2) is 61.0 Å². The van der Waals surface area contributed by atoms with Crippen LogP contribution in [0.1, 0.15) is 15.2 Å². The fourth-order valence-corrected chi connectivity index (χ4v) is 5.42. The average Bonchev–Trinajstić information content (AvgIpc) is 3.25. The van der Waals surface area contributed by atoms with Crippen molar-refractivity contribution < 1.29 is 14.3 Å².